The number of carbonyl (C=O) groups excluding carboxylic acids is 5. The Morgan fingerprint density at radius 1 is 0.929 bits per heavy atom. The number of fused-ring (bicyclic) bond motifs is 1. The first kappa shape index (κ1) is 52.7. The van der Waals surface area contributed by atoms with Crippen LogP contribution < -0.4 is 36.5 Å². The number of rotatable bonds is 24. The van der Waals surface area contributed by atoms with E-state index in [1.165, 1.54) is 48.5 Å². The van der Waals surface area contributed by atoms with Crippen LogP contribution in [0.1, 0.15) is 92.2 Å². The molecule has 0 bridgehead atoms. The van der Waals surface area contributed by atoms with Crippen molar-refractivity contribution in [2.75, 3.05) is 18.8 Å². The number of azide groups is 1. The minimum Gasteiger partial charge on any atom is -0.424 e. The number of nitrogens with one attached hydrogen (secondary N) is 5. The Bertz CT molecular complexity index is 2680. The lowest BCUT2D eigenvalue weighted by molar-refractivity contribution is -0.141. The molecule has 6 rings (SSSR count). The maximum absolute atomic E-state index is 14.1. The molecule has 5 amide bonds. The molecule has 2 fully saturated rings. The molecule has 0 aliphatic carbocycles. The van der Waals surface area contributed by atoms with Crippen LogP contribution in [0.25, 0.3) is 27.4 Å². The first-order valence-corrected chi connectivity index (χ1v) is 25.3. The van der Waals surface area contributed by atoms with Gasteiger partial charge in [0.05, 0.1) is 28.4 Å². The van der Waals surface area contributed by atoms with Gasteiger partial charge in [-0.3, -0.25) is 14.4 Å². The molecule has 2 aliphatic rings. The molecule has 4 atom stereocenters. The Hall–Kier alpha value is -6.62. The summed E-state index contributed by atoms with van der Waals surface area (Å²) < 4.78 is 72.9. The topological polar surface area (TPSA) is 281 Å². The Labute approximate surface area is 406 Å². The maximum Gasteiger partial charge on any atom is 0.435 e. The number of thioether (sulfide) groups is 1. The highest BCUT2D eigenvalue weighted by Crippen LogP contribution is 2.38. The third-order valence-corrected chi connectivity index (χ3v) is 14.1. The summed E-state index contributed by atoms with van der Waals surface area (Å²) in [5, 5.41) is 27.2. The number of halogens is 3. The molecule has 0 spiro atoms. The van der Waals surface area contributed by atoms with Crippen molar-refractivity contribution in [3.05, 3.63) is 100 Å². The number of ether oxygens (including phenoxy) is 1. The quantitative estimate of drug-likeness (QED) is 0.00808. The van der Waals surface area contributed by atoms with Gasteiger partial charge < -0.3 is 31.3 Å². The van der Waals surface area contributed by atoms with E-state index in [1.54, 1.807) is 13.0 Å². The summed E-state index contributed by atoms with van der Waals surface area (Å²) in [6, 6.07) is 14.4. The van der Waals surface area contributed by atoms with Gasteiger partial charge in [0.1, 0.15) is 11.8 Å². The summed E-state index contributed by atoms with van der Waals surface area (Å²) in [5.41, 5.74) is 8.33. The number of urea groups is 1. The number of unbranched alkanes of at least 4 members (excludes halogenated alkanes) is 4. The molecule has 0 radical (unpaired) electrons. The summed E-state index contributed by atoms with van der Waals surface area (Å²) in [6.45, 7) is 2.45. The fourth-order valence-corrected chi connectivity index (χ4v) is 10.0. The van der Waals surface area contributed by atoms with Gasteiger partial charge >= 0.3 is 18.2 Å². The van der Waals surface area contributed by atoms with Gasteiger partial charge in [-0.05, 0) is 118 Å². The van der Waals surface area contributed by atoms with Gasteiger partial charge in [0.2, 0.25) is 21.8 Å². The van der Waals surface area contributed by atoms with E-state index in [1.807, 2.05) is 11.8 Å². The number of benzene rings is 3. The van der Waals surface area contributed by atoms with E-state index in [2.05, 4.69) is 41.7 Å². The zero-order valence-electron chi connectivity index (χ0n) is 38.2. The van der Waals surface area contributed by atoms with Gasteiger partial charge in [-0.1, -0.05) is 36.2 Å². The van der Waals surface area contributed by atoms with Crippen molar-refractivity contribution >= 4 is 57.2 Å². The lowest BCUT2D eigenvalue weighted by atomic mass is 10.0. The second kappa shape index (κ2) is 24.3. The smallest absolute Gasteiger partial charge is 0.424 e. The number of hydrogen-bond acceptors (Lipinski definition) is 11. The fraction of sp³-hybridized carbons (Fsp3) is 0.435. The second-order valence-electron chi connectivity index (χ2n) is 16.9. The van der Waals surface area contributed by atoms with Gasteiger partial charge in [0.25, 0.3) is 5.91 Å². The molecule has 3 aromatic carbocycles. The predicted octanol–water partition coefficient (Wildman–Crippen LogP) is 6.85. The third kappa shape index (κ3) is 14.9. The minimum atomic E-state index is -4.90. The Morgan fingerprint density at radius 2 is 1.60 bits per heavy atom. The SMILES string of the molecule is Cc1ccc(-c2cc(C(F)(F)F)nn2-c2ccc(S(N)(=O)=O)cc2)c(OC(=O)[C@H](CCCCNC(=O)CCCCCNC(=O)CCCC[C@@H]2SC[C@@H]3NC(=O)N[C@@H]32)NC(=O)c2ccc(N=[N+]=[N-])cc2)c1. The first-order chi connectivity index (χ1) is 33.4. The molecule has 0 unspecified atom stereocenters. The van der Waals surface area contributed by atoms with Crippen molar-refractivity contribution in [1.82, 2.24) is 36.4 Å². The largest absolute Gasteiger partial charge is 0.435 e. The van der Waals surface area contributed by atoms with Gasteiger partial charge in [-0.2, -0.15) is 30.0 Å². The lowest BCUT2D eigenvalue weighted by Gasteiger charge is -2.19. The summed E-state index contributed by atoms with van der Waals surface area (Å²) in [6.07, 6.45) is 1.25. The van der Waals surface area contributed by atoms with Crippen LogP contribution >= 0.6 is 11.8 Å². The van der Waals surface area contributed by atoms with Crippen LogP contribution in [0.15, 0.2) is 82.8 Å². The highest BCUT2D eigenvalue weighted by Gasteiger charge is 2.42. The van der Waals surface area contributed by atoms with Crippen molar-refractivity contribution in [3.63, 3.8) is 0 Å². The number of esters is 1. The van der Waals surface area contributed by atoms with E-state index >= 15 is 0 Å². The molecule has 70 heavy (non-hydrogen) atoms. The van der Waals surface area contributed by atoms with Crippen LogP contribution in [0.4, 0.5) is 23.7 Å². The van der Waals surface area contributed by atoms with Gasteiger partial charge in [0, 0.05) is 58.7 Å². The zero-order chi connectivity index (χ0) is 50.4. The van der Waals surface area contributed by atoms with Crippen LogP contribution in [0, 0.1) is 6.92 Å². The van der Waals surface area contributed by atoms with E-state index in [-0.39, 0.29) is 88.2 Å². The number of aryl methyl sites for hydroxylation is 1. The van der Waals surface area contributed by atoms with Crippen LogP contribution in [-0.2, 0) is 30.6 Å². The Morgan fingerprint density at radius 3 is 2.26 bits per heavy atom. The van der Waals surface area contributed by atoms with Crippen molar-refractivity contribution < 1.29 is 50.3 Å². The standard InChI is InChI=1S/C46H54F3N11O8S2/c1-28-13-22-33(36-26-39(46(47,48)49)58-60(36)31-18-20-32(21-19-31)70(51,66)67)37(25-28)68-44(64)34(54-43(63)29-14-16-30(17-15-29)57-59-50)9-6-8-24-53-40(61)11-3-2-7-23-52-41(62)12-5-4-10-38-42-35(27-69-38)55-45(65)56-42/h13-22,25-26,34-35,38,42H,2-12,23-24,27H2,1H3,(H,52,62)(H,53,61)(H,54,63)(H2,51,66,67)(H2,55,56,65)/t34-,35-,38-,42-/m0/s1. The number of nitrogens with zero attached hydrogens (tertiary/aromatic N) is 5. The molecule has 7 N–H and O–H groups in total. The van der Waals surface area contributed by atoms with E-state index in [4.69, 9.17) is 15.4 Å². The first-order valence-electron chi connectivity index (χ1n) is 22.7. The number of alkyl halides is 3. The molecule has 19 nitrogen and oxygen atoms in total. The zero-order valence-corrected chi connectivity index (χ0v) is 39.8. The van der Waals surface area contributed by atoms with Crippen LogP contribution in [0.2, 0.25) is 0 Å². The molecule has 374 valence electrons. The third-order valence-electron chi connectivity index (χ3n) is 11.6. The molecule has 2 aliphatic heterocycles. The Kier molecular flexibility index (Phi) is 18.3. The summed E-state index contributed by atoms with van der Waals surface area (Å²) in [4.78, 5) is 66.4. The van der Waals surface area contributed by atoms with Crippen LogP contribution in [0.5, 0.6) is 5.75 Å². The maximum atomic E-state index is 14.1. The summed E-state index contributed by atoms with van der Waals surface area (Å²) in [5.74, 6) is -1.05. The minimum absolute atomic E-state index is 0.0116. The monoisotopic (exact) mass is 1010 g/mol. The molecule has 4 aromatic rings. The molecule has 0 saturated carbocycles. The summed E-state index contributed by atoms with van der Waals surface area (Å²) in [7, 11) is -4.12. The molecule has 1 aromatic heterocycles. The molecule has 3 heterocycles. The average Bonchev–Trinajstić information content (AvgIpc) is 4.03. The van der Waals surface area contributed by atoms with E-state index in [0.29, 0.717) is 49.5 Å². The molecule has 2 saturated heterocycles. The van der Waals surface area contributed by atoms with Crippen molar-refractivity contribution in [3.8, 4) is 22.7 Å². The molecular formula is C46H54F3N11O8S2. The van der Waals surface area contributed by atoms with Crippen molar-refractivity contribution in [2.24, 2.45) is 10.3 Å². The van der Waals surface area contributed by atoms with Gasteiger partial charge in [0.15, 0.2) is 5.69 Å². The highest BCUT2D eigenvalue weighted by atomic mass is 32.2. The number of aromatic nitrogens is 2. The predicted molar refractivity (Wildman–Crippen MR) is 255 cm³/mol. The van der Waals surface area contributed by atoms with E-state index < -0.39 is 39.8 Å². The molecule has 24 heteroatoms. The molecular weight excluding hydrogens is 956 g/mol. The lowest BCUT2D eigenvalue weighted by Crippen LogP contribution is -2.43. The number of sulfonamides is 1. The number of carbonyl (C=O) groups is 5. The number of nitrogens with two attached hydrogens (primary N) is 1. The van der Waals surface area contributed by atoms with E-state index in [9.17, 15) is 45.6 Å². The van der Waals surface area contributed by atoms with Crippen molar-refractivity contribution in [2.45, 2.75) is 112 Å². The van der Waals surface area contributed by atoms with Crippen LogP contribution in [-0.4, -0.2) is 90.1 Å². The fourth-order valence-electron chi connectivity index (χ4n) is 7.98. The average molecular weight is 1010 g/mol. The van der Waals surface area contributed by atoms with Gasteiger partial charge in [-0.15, -0.1) is 0 Å². The Balaban J connectivity index is 1.01. The van der Waals surface area contributed by atoms with Gasteiger partial charge in [-0.25, -0.2) is 27.8 Å². The van der Waals surface area contributed by atoms with E-state index in [0.717, 1.165) is 54.3 Å². The second-order valence-corrected chi connectivity index (χ2v) is 19.8. The summed E-state index contributed by atoms with van der Waals surface area (Å²) >= 11 is 1.85. The number of primary sulfonamides is 1. The van der Waals surface area contributed by atoms with Crippen molar-refractivity contribution in [1.29, 1.82) is 0 Å². The van der Waals surface area contributed by atoms with Crippen LogP contribution in [0.3, 0.4) is 0 Å². The normalized spacial score (nSPS) is 16.8. The number of amides is 5. The highest BCUT2D eigenvalue weighted by molar-refractivity contribution is 8.00. The number of hydrogen-bond donors (Lipinski definition) is 6.